The van der Waals surface area contributed by atoms with Crippen molar-refractivity contribution in [2.75, 3.05) is 18.1 Å². The van der Waals surface area contributed by atoms with E-state index in [1.165, 1.54) is 6.07 Å². The number of ether oxygens (including phenoxy) is 1. The first-order valence-electron chi connectivity index (χ1n) is 7.16. The van der Waals surface area contributed by atoms with Crippen molar-refractivity contribution in [3.63, 3.8) is 0 Å². The average molecular weight is 286 g/mol. The number of hydrogen-bond donors (Lipinski definition) is 1. The van der Waals surface area contributed by atoms with Crippen LogP contribution in [0.4, 0.5) is 10.1 Å². The fraction of sp³-hybridized carbons (Fsp3) is 0.294. The molecule has 3 nitrogen and oxygen atoms in total. The third kappa shape index (κ3) is 2.72. The molecule has 0 amide bonds. The fourth-order valence-corrected chi connectivity index (χ4v) is 2.75. The molecule has 0 unspecified atom stereocenters. The van der Waals surface area contributed by atoms with Crippen LogP contribution in [0.1, 0.15) is 24.1 Å². The quantitative estimate of drug-likeness (QED) is 0.921. The van der Waals surface area contributed by atoms with Gasteiger partial charge in [0.2, 0.25) is 0 Å². The number of fused-ring (bicyclic) bond motifs is 1. The second-order valence-corrected chi connectivity index (χ2v) is 5.34. The molecule has 0 saturated carbocycles. The smallest absolute Gasteiger partial charge is 0.146 e. The number of rotatable bonds is 2. The van der Waals surface area contributed by atoms with E-state index in [0.717, 1.165) is 16.9 Å². The zero-order valence-corrected chi connectivity index (χ0v) is 12.1. The van der Waals surface area contributed by atoms with Gasteiger partial charge in [-0.2, -0.15) is 0 Å². The maximum Gasteiger partial charge on any atom is 0.146 e. The second kappa shape index (κ2) is 5.74. The molecule has 21 heavy (non-hydrogen) atoms. The van der Waals surface area contributed by atoms with E-state index in [4.69, 9.17) is 10.5 Å². The van der Waals surface area contributed by atoms with E-state index in [1.54, 1.807) is 6.07 Å². The van der Waals surface area contributed by atoms with Crippen molar-refractivity contribution in [1.82, 2.24) is 0 Å². The van der Waals surface area contributed by atoms with E-state index in [1.807, 2.05) is 42.2 Å². The number of para-hydroxylation sites is 2. The summed E-state index contributed by atoms with van der Waals surface area (Å²) in [6.45, 7) is 3.66. The van der Waals surface area contributed by atoms with E-state index >= 15 is 0 Å². The minimum absolute atomic E-state index is 0.213. The van der Waals surface area contributed by atoms with Crippen molar-refractivity contribution in [1.29, 1.82) is 0 Å². The van der Waals surface area contributed by atoms with Gasteiger partial charge in [0.1, 0.15) is 18.2 Å². The molecule has 2 N–H and O–H groups in total. The molecule has 0 aliphatic carbocycles. The van der Waals surface area contributed by atoms with Gasteiger partial charge in [0, 0.05) is 18.2 Å². The molecule has 0 saturated heterocycles. The Bertz CT molecular complexity index is 642. The van der Waals surface area contributed by atoms with Gasteiger partial charge >= 0.3 is 0 Å². The van der Waals surface area contributed by atoms with Crippen LogP contribution >= 0.6 is 0 Å². The number of nitrogens with two attached hydrogens (primary N) is 1. The van der Waals surface area contributed by atoms with Crippen molar-refractivity contribution in [3.05, 3.63) is 59.4 Å². The molecule has 0 radical (unpaired) electrons. The average Bonchev–Trinajstić information content (AvgIpc) is 2.68. The lowest BCUT2D eigenvalue weighted by Gasteiger charge is -2.26. The van der Waals surface area contributed by atoms with E-state index in [0.29, 0.717) is 25.4 Å². The topological polar surface area (TPSA) is 38.5 Å². The monoisotopic (exact) mass is 286 g/mol. The van der Waals surface area contributed by atoms with Gasteiger partial charge in [-0.3, -0.25) is 0 Å². The zero-order valence-electron chi connectivity index (χ0n) is 12.1. The predicted octanol–water partition coefficient (Wildman–Crippen LogP) is 3.24. The number of benzene rings is 2. The molecule has 0 aromatic heterocycles. The van der Waals surface area contributed by atoms with Crippen molar-refractivity contribution < 1.29 is 9.13 Å². The zero-order chi connectivity index (χ0) is 14.8. The summed E-state index contributed by atoms with van der Waals surface area (Å²) in [6, 6.07) is 12.8. The minimum Gasteiger partial charge on any atom is -0.491 e. The minimum atomic E-state index is -0.232. The Morgan fingerprint density at radius 2 is 2.00 bits per heavy atom. The molecule has 1 heterocycles. The van der Waals surface area contributed by atoms with Gasteiger partial charge in [-0.1, -0.05) is 30.3 Å². The van der Waals surface area contributed by atoms with E-state index < -0.39 is 0 Å². The molecular weight excluding hydrogens is 267 g/mol. The first-order chi connectivity index (χ1) is 10.2. The Morgan fingerprint density at radius 3 is 2.81 bits per heavy atom. The van der Waals surface area contributed by atoms with Crippen LogP contribution in [0, 0.1) is 5.82 Å². The lowest BCUT2D eigenvalue weighted by Crippen LogP contribution is -2.28. The van der Waals surface area contributed by atoms with Crippen molar-refractivity contribution in [2.24, 2.45) is 5.73 Å². The third-order valence-corrected chi connectivity index (χ3v) is 3.78. The van der Waals surface area contributed by atoms with Crippen LogP contribution in [-0.2, 0) is 6.54 Å². The van der Waals surface area contributed by atoms with Crippen LogP contribution in [-0.4, -0.2) is 13.2 Å². The summed E-state index contributed by atoms with van der Waals surface area (Å²) in [6.07, 6.45) is 0. The Morgan fingerprint density at radius 1 is 1.19 bits per heavy atom. The molecule has 0 bridgehead atoms. The molecule has 2 aromatic carbocycles. The highest BCUT2D eigenvalue weighted by atomic mass is 19.1. The molecule has 110 valence electrons. The summed E-state index contributed by atoms with van der Waals surface area (Å²) < 4.78 is 20.1. The van der Waals surface area contributed by atoms with E-state index in [9.17, 15) is 4.39 Å². The van der Waals surface area contributed by atoms with Crippen molar-refractivity contribution in [2.45, 2.75) is 19.5 Å². The van der Waals surface area contributed by atoms with Crippen molar-refractivity contribution >= 4 is 5.69 Å². The van der Waals surface area contributed by atoms with Gasteiger partial charge in [0.25, 0.3) is 0 Å². The third-order valence-electron chi connectivity index (χ3n) is 3.78. The molecule has 0 spiro atoms. The lowest BCUT2D eigenvalue weighted by atomic mass is 10.0. The standard InChI is InChI=1S/C17H19FN2O/c1-12(19)14-6-4-7-15(18)17(14)20-9-10-21-16-8-3-2-5-13(16)11-20/h2-8,12H,9-11,19H2,1H3/t12-/m0/s1. The molecule has 1 atom stereocenters. The normalized spacial score (nSPS) is 15.9. The highest BCUT2D eigenvalue weighted by Crippen LogP contribution is 2.32. The summed E-state index contributed by atoms with van der Waals surface area (Å²) in [5.41, 5.74) is 8.48. The maximum absolute atomic E-state index is 14.4. The molecular formula is C17H19FN2O. The van der Waals surface area contributed by atoms with E-state index in [2.05, 4.69) is 0 Å². The largest absolute Gasteiger partial charge is 0.491 e. The SMILES string of the molecule is C[C@H](N)c1cccc(F)c1N1CCOc2ccccc2C1. The molecule has 1 aliphatic heterocycles. The van der Waals surface area contributed by atoms with Crippen LogP contribution in [0.3, 0.4) is 0 Å². The summed E-state index contributed by atoms with van der Waals surface area (Å²) in [5.74, 6) is 0.642. The fourth-order valence-electron chi connectivity index (χ4n) is 2.75. The van der Waals surface area contributed by atoms with Gasteiger partial charge in [-0.05, 0) is 24.6 Å². The number of halogens is 1. The number of hydrogen-bond acceptors (Lipinski definition) is 3. The number of anilines is 1. The molecule has 1 aliphatic rings. The van der Waals surface area contributed by atoms with Gasteiger partial charge in [0.05, 0.1) is 12.2 Å². The second-order valence-electron chi connectivity index (χ2n) is 5.34. The van der Waals surface area contributed by atoms with Gasteiger partial charge in [-0.25, -0.2) is 4.39 Å². The Labute approximate surface area is 124 Å². The van der Waals surface area contributed by atoms with Crippen LogP contribution in [0.2, 0.25) is 0 Å². The molecule has 0 fully saturated rings. The van der Waals surface area contributed by atoms with Crippen molar-refractivity contribution in [3.8, 4) is 5.75 Å². The predicted molar refractivity (Wildman–Crippen MR) is 82.0 cm³/mol. The highest BCUT2D eigenvalue weighted by Gasteiger charge is 2.21. The molecule has 3 rings (SSSR count). The van der Waals surface area contributed by atoms with Crippen LogP contribution < -0.4 is 15.4 Å². The molecule has 4 heteroatoms. The first kappa shape index (κ1) is 13.9. The molecule has 2 aromatic rings. The summed E-state index contributed by atoms with van der Waals surface area (Å²) in [5, 5.41) is 0. The van der Waals surface area contributed by atoms with Gasteiger partial charge in [-0.15, -0.1) is 0 Å². The summed E-state index contributed by atoms with van der Waals surface area (Å²) in [7, 11) is 0. The maximum atomic E-state index is 14.4. The Balaban J connectivity index is 2.02. The summed E-state index contributed by atoms with van der Waals surface area (Å²) in [4.78, 5) is 2.01. The van der Waals surface area contributed by atoms with Gasteiger partial charge in [0.15, 0.2) is 0 Å². The van der Waals surface area contributed by atoms with E-state index in [-0.39, 0.29) is 11.9 Å². The van der Waals surface area contributed by atoms with Crippen LogP contribution in [0.25, 0.3) is 0 Å². The Hall–Kier alpha value is -2.07. The van der Waals surface area contributed by atoms with Gasteiger partial charge < -0.3 is 15.4 Å². The summed E-state index contributed by atoms with van der Waals surface area (Å²) >= 11 is 0. The van der Waals surface area contributed by atoms with Crippen LogP contribution in [0.15, 0.2) is 42.5 Å². The van der Waals surface area contributed by atoms with Crippen LogP contribution in [0.5, 0.6) is 5.75 Å². The first-order valence-corrected chi connectivity index (χ1v) is 7.16. The Kier molecular flexibility index (Phi) is 3.80. The lowest BCUT2D eigenvalue weighted by molar-refractivity contribution is 0.331. The number of nitrogens with zero attached hydrogens (tertiary/aromatic N) is 1. The highest BCUT2D eigenvalue weighted by molar-refractivity contribution is 5.57.